The third kappa shape index (κ3) is 9.90. The molecule has 2 saturated heterocycles. The van der Waals surface area contributed by atoms with Crippen molar-refractivity contribution in [3.05, 3.63) is 0 Å². The summed E-state index contributed by atoms with van der Waals surface area (Å²) in [4.78, 5) is -0.749. The number of hydrogen-bond acceptors (Lipinski definition) is 6. The van der Waals surface area contributed by atoms with E-state index in [1.807, 2.05) is 41.5 Å². The van der Waals surface area contributed by atoms with Gasteiger partial charge in [-0.3, -0.25) is 0 Å². The van der Waals surface area contributed by atoms with Crippen molar-refractivity contribution in [3.8, 4) is 0 Å². The van der Waals surface area contributed by atoms with Gasteiger partial charge in [-0.2, -0.15) is 0 Å². The third-order valence-electron chi connectivity index (χ3n) is 9.44. The Hall–Kier alpha value is 1.30. The van der Waals surface area contributed by atoms with Crippen LogP contribution in [0.3, 0.4) is 0 Å². The van der Waals surface area contributed by atoms with Gasteiger partial charge in [-0.15, -0.1) is 23.2 Å². The lowest BCUT2D eigenvalue weighted by molar-refractivity contribution is -0.172. The fourth-order valence-corrected chi connectivity index (χ4v) is 6.54. The zero-order valence-corrected chi connectivity index (χ0v) is 30.3. The second-order valence-electron chi connectivity index (χ2n) is 14.4. The normalized spacial score (nSPS) is 34.2. The van der Waals surface area contributed by atoms with Crippen LogP contribution >= 0.6 is 55.1 Å². The second kappa shape index (κ2) is 13.7. The fourth-order valence-electron chi connectivity index (χ4n) is 5.86. The predicted molar refractivity (Wildman–Crippen MR) is 171 cm³/mol. The van der Waals surface area contributed by atoms with Crippen molar-refractivity contribution >= 4 is 55.1 Å². The monoisotopic (exact) mass is 738 g/mol. The minimum atomic E-state index is -1.05. The van der Waals surface area contributed by atoms with Gasteiger partial charge in [0.2, 0.25) is 0 Å². The first-order chi connectivity index (χ1) is 17.9. The molecule has 0 unspecified atom stereocenters. The summed E-state index contributed by atoms with van der Waals surface area (Å²) >= 11 is 20.1. The number of aliphatic hydroxyl groups is 4. The van der Waals surface area contributed by atoms with Gasteiger partial charge < -0.3 is 29.9 Å². The topological polar surface area (TPSA) is 99.4 Å². The summed E-state index contributed by atoms with van der Waals surface area (Å²) in [6.07, 6.45) is 3.28. The van der Waals surface area contributed by atoms with E-state index in [0.717, 1.165) is 0 Å². The quantitative estimate of drug-likeness (QED) is 0.135. The van der Waals surface area contributed by atoms with Gasteiger partial charge in [0.15, 0.2) is 0 Å². The van der Waals surface area contributed by atoms with Gasteiger partial charge in [0.25, 0.3) is 0 Å². The van der Waals surface area contributed by atoms with E-state index in [-0.39, 0.29) is 9.65 Å². The van der Waals surface area contributed by atoms with Crippen molar-refractivity contribution in [2.45, 2.75) is 186 Å². The molecular formula is C30H54Br2Cl2O6. The lowest BCUT2D eigenvalue weighted by atomic mass is 9.85. The summed E-state index contributed by atoms with van der Waals surface area (Å²) in [6, 6.07) is 0. The SMILES string of the molecule is CC(C)(Cl)[C@H](Br)CC[C@](C)(O)[C@H]1CC[C@@](C)([C@H](O)CC[C@@H](O)[C@]2(C)CC[C@H]([C@@](C)(O)CC[C@@H](Br)C(C)(C)Cl)O2)O1. The van der Waals surface area contributed by atoms with Crippen LogP contribution in [0.2, 0.25) is 0 Å². The molecule has 2 fully saturated rings. The molecule has 0 saturated carbocycles. The van der Waals surface area contributed by atoms with Gasteiger partial charge in [-0.05, 0) is 120 Å². The molecule has 2 aliphatic heterocycles. The van der Waals surface area contributed by atoms with Crippen molar-refractivity contribution < 1.29 is 29.9 Å². The van der Waals surface area contributed by atoms with Crippen LogP contribution in [0.5, 0.6) is 0 Å². The van der Waals surface area contributed by atoms with E-state index in [1.54, 1.807) is 13.8 Å². The Morgan fingerprint density at radius 1 is 0.700 bits per heavy atom. The molecule has 0 bridgehead atoms. The average Bonchev–Trinajstić information content (AvgIpc) is 3.44. The smallest absolute Gasteiger partial charge is 0.0918 e. The van der Waals surface area contributed by atoms with Crippen LogP contribution in [0.25, 0.3) is 0 Å². The van der Waals surface area contributed by atoms with Crippen molar-refractivity contribution in [2.75, 3.05) is 0 Å². The van der Waals surface area contributed by atoms with Crippen LogP contribution in [0.4, 0.5) is 0 Å². The molecule has 0 radical (unpaired) electrons. The summed E-state index contributed by atoms with van der Waals surface area (Å²) in [5.74, 6) is 0. The van der Waals surface area contributed by atoms with E-state index in [2.05, 4.69) is 31.9 Å². The molecule has 238 valence electrons. The first-order valence-corrected chi connectivity index (χ1v) is 17.3. The van der Waals surface area contributed by atoms with Crippen molar-refractivity contribution in [1.82, 2.24) is 0 Å². The Kier molecular flexibility index (Phi) is 12.9. The molecule has 0 amide bonds. The van der Waals surface area contributed by atoms with Crippen LogP contribution in [-0.2, 0) is 9.47 Å². The highest BCUT2D eigenvalue weighted by Crippen LogP contribution is 2.44. The lowest BCUT2D eigenvalue weighted by Gasteiger charge is -2.38. The Balaban J connectivity index is 1.89. The van der Waals surface area contributed by atoms with Gasteiger partial charge in [0.05, 0.1) is 56.6 Å². The van der Waals surface area contributed by atoms with E-state index in [9.17, 15) is 20.4 Å². The number of halogens is 4. The van der Waals surface area contributed by atoms with E-state index < -0.39 is 56.6 Å². The fraction of sp³-hybridized carbons (Fsp3) is 1.00. The largest absolute Gasteiger partial charge is 0.390 e. The molecule has 10 heteroatoms. The van der Waals surface area contributed by atoms with E-state index in [1.165, 1.54) is 0 Å². The van der Waals surface area contributed by atoms with E-state index >= 15 is 0 Å². The first kappa shape index (κ1) is 37.5. The van der Waals surface area contributed by atoms with Gasteiger partial charge in [0.1, 0.15) is 0 Å². The van der Waals surface area contributed by atoms with Crippen molar-refractivity contribution in [3.63, 3.8) is 0 Å². The van der Waals surface area contributed by atoms with Gasteiger partial charge >= 0.3 is 0 Å². The molecule has 2 heterocycles. The van der Waals surface area contributed by atoms with Gasteiger partial charge in [-0.25, -0.2) is 0 Å². The highest BCUT2D eigenvalue weighted by molar-refractivity contribution is 9.09. The Morgan fingerprint density at radius 2 is 1.00 bits per heavy atom. The van der Waals surface area contributed by atoms with E-state index in [0.29, 0.717) is 64.2 Å². The third-order valence-corrected chi connectivity index (χ3v) is 13.7. The van der Waals surface area contributed by atoms with Gasteiger partial charge in [-0.1, -0.05) is 31.9 Å². The molecule has 0 aromatic carbocycles. The number of ether oxygens (including phenoxy) is 2. The standard InChI is InChI=1S/C30H54Br2Cl2O6/c1-25(2,33)19(31)11-15-27(5,37)23-13-17-29(7,39-23)21(35)9-10-22(36)30(8)18-14-24(40-30)28(6,38)16-12-20(32)26(3,4)34/h19-24,35-38H,9-18H2,1-8H3/t19-,20-,21-,22-,23-,24-,27+,28+,29+,30+/m1/s1. The number of rotatable bonds is 15. The Labute approximate surface area is 269 Å². The average molecular weight is 741 g/mol. The van der Waals surface area contributed by atoms with Gasteiger partial charge in [0, 0.05) is 9.65 Å². The van der Waals surface area contributed by atoms with Crippen LogP contribution in [-0.4, -0.2) is 86.6 Å². The maximum atomic E-state index is 11.2. The summed E-state index contributed by atoms with van der Waals surface area (Å²) < 4.78 is 12.6. The molecule has 40 heavy (non-hydrogen) atoms. The molecule has 10 atom stereocenters. The first-order valence-electron chi connectivity index (χ1n) is 14.8. The summed E-state index contributed by atoms with van der Waals surface area (Å²) in [6.45, 7) is 15.1. The second-order valence-corrected chi connectivity index (χ2v) is 18.5. The number of hydrogen-bond donors (Lipinski definition) is 4. The number of aliphatic hydroxyl groups excluding tert-OH is 2. The zero-order chi connectivity index (χ0) is 30.9. The maximum absolute atomic E-state index is 11.2. The molecule has 0 aliphatic carbocycles. The molecule has 0 aromatic heterocycles. The molecule has 2 aliphatic rings. The number of alkyl halides is 4. The zero-order valence-electron chi connectivity index (χ0n) is 25.7. The van der Waals surface area contributed by atoms with Crippen molar-refractivity contribution in [1.29, 1.82) is 0 Å². The van der Waals surface area contributed by atoms with E-state index in [4.69, 9.17) is 32.7 Å². The molecule has 0 aromatic rings. The minimum Gasteiger partial charge on any atom is -0.390 e. The molecular weight excluding hydrogens is 687 g/mol. The highest BCUT2D eigenvalue weighted by Gasteiger charge is 2.50. The summed E-state index contributed by atoms with van der Waals surface area (Å²) in [5, 5.41) is 44.6. The molecule has 6 nitrogen and oxygen atoms in total. The Morgan fingerprint density at radius 3 is 1.27 bits per heavy atom. The molecule has 0 spiro atoms. The molecule has 4 N–H and O–H groups in total. The van der Waals surface area contributed by atoms with Crippen LogP contribution in [0.15, 0.2) is 0 Å². The Bertz CT molecular complexity index is 751. The van der Waals surface area contributed by atoms with Crippen LogP contribution < -0.4 is 0 Å². The maximum Gasteiger partial charge on any atom is 0.0918 e. The van der Waals surface area contributed by atoms with Crippen LogP contribution in [0, 0.1) is 0 Å². The highest BCUT2D eigenvalue weighted by atomic mass is 79.9. The predicted octanol–water partition coefficient (Wildman–Crippen LogP) is 6.99. The summed E-state index contributed by atoms with van der Waals surface area (Å²) in [7, 11) is 0. The lowest BCUT2D eigenvalue weighted by Crippen LogP contribution is -2.47. The molecule has 2 rings (SSSR count). The van der Waals surface area contributed by atoms with Crippen LogP contribution in [0.1, 0.15) is 120 Å². The van der Waals surface area contributed by atoms with Crippen molar-refractivity contribution in [2.24, 2.45) is 0 Å². The minimum absolute atomic E-state index is 0.0505. The summed E-state index contributed by atoms with van der Waals surface area (Å²) in [5.41, 5.74) is -3.70.